The number of ether oxygens (including phenoxy) is 1. The van der Waals surface area contributed by atoms with Crippen molar-refractivity contribution in [3.05, 3.63) is 58.4 Å². The first kappa shape index (κ1) is 15.9. The molecule has 0 fully saturated rings. The molecule has 8 nitrogen and oxygen atoms in total. The molecule has 1 aromatic carbocycles. The Hall–Kier alpha value is -3.00. The van der Waals surface area contributed by atoms with E-state index in [1.54, 1.807) is 55.4 Å². The average Bonchev–Trinajstić information content (AvgIpc) is 3.00. The second kappa shape index (κ2) is 6.63. The lowest BCUT2D eigenvalue weighted by Crippen LogP contribution is -2.34. The molecule has 0 bridgehead atoms. The molecule has 0 saturated heterocycles. The van der Waals surface area contributed by atoms with Crippen molar-refractivity contribution in [2.45, 2.75) is 6.04 Å². The number of hydrogen-bond acceptors (Lipinski definition) is 5. The SMILES string of the molecule is COCC(NC(=O)c1nc2ccccc2c(=O)[nH]1)c1ccnn1C. The predicted molar refractivity (Wildman–Crippen MR) is 87.7 cm³/mol. The van der Waals surface area contributed by atoms with Gasteiger partial charge in [0.25, 0.3) is 11.5 Å². The van der Waals surface area contributed by atoms with E-state index in [-0.39, 0.29) is 18.0 Å². The van der Waals surface area contributed by atoms with Crippen molar-refractivity contribution < 1.29 is 9.53 Å². The van der Waals surface area contributed by atoms with Crippen molar-refractivity contribution in [2.24, 2.45) is 7.05 Å². The Kier molecular flexibility index (Phi) is 4.39. The zero-order valence-corrected chi connectivity index (χ0v) is 13.3. The van der Waals surface area contributed by atoms with Gasteiger partial charge in [0, 0.05) is 20.4 Å². The molecule has 1 amide bonds. The largest absolute Gasteiger partial charge is 0.382 e. The van der Waals surface area contributed by atoms with Crippen molar-refractivity contribution in [3.63, 3.8) is 0 Å². The van der Waals surface area contributed by atoms with Crippen molar-refractivity contribution in [1.29, 1.82) is 0 Å². The quantitative estimate of drug-likeness (QED) is 0.721. The molecule has 0 spiro atoms. The van der Waals surface area contributed by atoms with Gasteiger partial charge in [0.05, 0.1) is 29.2 Å². The fraction of sp³-hybridized carbons (Fsp3) is 0.250. The first-order valence-corrected chi connectivity index (χ1v) is 7.37. The van der Waals surface area contributed by atoms with E-state index < -0.39 is 11.9 Å². The number of carbonyl (C=O) groups is 1. The maximum Gasteiger partial charge on any atom is 0.287 e. The molecule has 2 N–H and O–H groups in total. The van der Waals surface area contributed by atoms with Crippen LogP contribution in [-0.4, -0.2) is 39.4 Å². The summed E-state index contributed by atoms with van der Waals surface area (Å²) in [7, 11) is 3.33. The number of fused-ring (bicyclic) bond motifs is 1. The van der Waals surface area contributed by atoms with Crippen LogP contribution in [0.1, 0.15) is 22.4 Å². The van der Waals surface area contributed by atoms with Gasteiger partial charge < -0.3 is 15.0 Å². The van der Waals surface area contributed by atoms with Crippen LogP contribution in [0.3, 0.4) is 0 Å². The molecule has 3 rings (SSSR count). The third kappa shape index (κ3) is 3.04. The van der Waals surface area contributed by atoms with Crippen molar-refractivity contribution in [2.75, 3.05) is 13.7 Å². The van der Waals surface area contributed by atoms with Crippen LogP contribution >= 0.6 is 0 Å². The normalized spacial score (nSPS) is 12.2. The van der Waals surface area contributed by atoms with Gasteiger partial charge in [-0.2, -0.15) is 5.10 Å². The van der Waals surface area contributed by atoms with E-state index in [0.717, 1.165) is 5.69 Å². The number of nitrogens with zero attached hydrogens (tertiary/aromatic N) is 3. The van der Waals surface area contributed by atoms with Crippen LogP contribution in [0, 0.1) is 0 Å². The van der Waals surface area contributed by atoms with Crippen LogP contribution in [0.4, 0.5) is 0 Å². The number of aromatic amines is 1. The highest BCUT2D eigenvalue weighted by molar-refractivity contribution is 5.92. The lowest BCUT2D eigenvalue weighted by Gasteiger charge is -2.18. The molecule has 8 heteroatoms. The number of aryl methyl sites for hydroxylation is 1. The van der Waals surface area contributed by atoms with Crippen LogP contribution in [0.25, 0.3) is 10.9 Å². The molecule has 24 heavy (non-hydrogen) atoms. The minimum absolute atomic E-state index is 0.0398. The van der Waals surface area contributed by atoms with Crippen molar-refractivity contribution >= 4 is 16.8 Å². The Morgan fingerprint density at radius 2 is 2.17 bits per heavy atom. The lowest BCUT2D eigenvalue weighted by molar-refractivity contribution is 0.0882. The maximum atomic E-state index is 12.5. The van der Waals surface area contributed by atoms with Gasteiger partial charge in [-0.15, -0.1) is 0 Å². The van der Waals surface area contributed by atoms with Gasteiger partial charge in [0.1, 0.15) is 0 Å². The van der Waals surface area contributed by atoms with Crippen molar-refractivity contribution in [1.82, 2.24) is 25.1 Å². The molecule has 0 aliphatic carbocycles. The fourth-order valence-electron chi connectivity index (χ4n) is 2.51. The summed E-state index contributed by atoms with van der Waals surface area (Å²) in [5, 5.41) is 7.34. The van der Waals surface area contributed by atoms with Gasteiger partial charge in [0.15, 0.2) is 5.82 Å². The minimum Gasteiger partial charge on any atom is -0.382 e. The summed E-state index contributed by atoms with van der Waals surface area (Å²) in [4.78, 5) is 31.3. The van der Waals surface area contributed by atoms with E-state index >= 15 is 0 Å². The highest BCUT2D eigenvalue weighted by Gasteiger charge is 2.20. The third-order valence-electron chi connectivity index (χ3n) is 3.68. The van der Waals surface area contributed by atoms with E-state index in [2.05, 4.69) is 20.4 Å². The van der Waals surface area contributed by atoms with Crippen LogP contribution in [0.5, 0.6) is 0 Å². The van der Waals surface area contributed by atoms with Crippen LogP contribution in [-0.2, 0) is 11.8 Å². The average molecular weight is 327 g/mol. The van der Waals surface area contributed by atoms with Crippen LogP contribution in [0.15, 0.2) is 41.3 Å². The highest BCUT2D eigenvalue weighted by atomic mass is 16.5. The molecule has 2 heterocycles. The van der Waals surface area contributed by atoms with Gasteiger partial charge in [-0.25, -0.2) is 4.98 Å². The molecular weight excluding hydrogens is 310 g/mol. The number of para-hydroxylation sites is 1. The van der Waals surface area contributed by atoms with Gasteiger partial charge >= 0.3 is 0 Å². The number of benzene rings is 1. The molecule has 0 aliphatic rings. The summed E-state index contributed by atoms with van der Waals surface area (Å²) in [6.07, 6.45) is 1.64. The molecular formula is C16H17N5O3. The number of nitrogens with one attached hydrogen (secondary N) is 2. The Balaban J connectivity index is 1.91. The number of rotatable bonds is 5. The second-order valence-corrected chi connectivity index (χ2v) is 5.29. The first-order valence-electron chi connectivity index (χ1n) is 7.37. The minimum atomic E-state index is -0.485. The molecule has 0 radical (unpaired) electrons. The van der Waals surface area contributed by atoms with Gasteiger partial charge in [-0.05, 0) is 18.2 Å². The monoisotopic (exact) mass is 327 g/mol. The molecule has 1 unspecified atom stereocenters. The number of H-pyrrole nitrogens is 1. The maximum absolute atomic E-state index is 12.5. The Morgan fingerprint density at radius 1 is 1.38 bits per heavy atom. The van der Waals surface area contributed by atoms with E-state index in [1.807, 2.05) is 0 Å². The molecule has 0 saturated carbocycles. The summed E-state index contributed by atoms with van der Waals surface area (Å²) in [5.41, 5.74) is 0.901. The fourth-order valence-corrected chi connectivity index (χ4v) is 2.51. The molecule has 0 aliphatic heterocycles. The number of aromatic nitrogens is 4. The summed E-state index contributed by atoms with van der Waals surface area (Å²) in [6.45, 7) is 0.267. The van der Waals surface area contributed by atoms with E-state index in [0.29, 0.717) is 10.9 Å². The molecule has 1 atom stereocenters. The zero-order valence-electron chi connectivity index (χ0n) is 13.3. The number of amides is 1. The third-order valence-corrected chi connectivity index (χ3v) is 3.68. The van der Waals surface area contributed by atoms with E-state index in [9.17, 15) is 9.59 Å². The first-order chi connectivity index (χ1) is 11.6. The lowest BCUT2D eigenvalue weighted by atomic mass is 10.2. The van der Waals surface area contributed by atoms with Crippen LogP contribution in [0.2, 0.25) is 0 Å². The smallest absolute Gasteiger partial charge is 0.287 e. The number of methoxy groups -OCH3 is 1. The van der Waals surface area contributed by atoms with E-state index in [1.165, 1.54) is 0 Å². The Labute approximate surface area is 137 Å². The molecule has 3 aromatic rings. The van der Waals surface area contributed by atoms with Gasteiger partial charge in [0.2, 0.25) is 0 Å². The number of hydrogen-bond donors (Lipinski definition) is 2. The van der Waals surface area contributed by atoms with Gasteiger partial charge in [-0.1, -0.05) is 12.1 Å². The zero-order chi connectivity index (χ0) is 17.1. The molecule has 2 aromatic heterocycles. The predicted octanol–water partition coefficient (Wildman–Crippen LogP) is 0.774. The Bertz CT molecular complexity index is 931. The van der Waals surface area contributed by atoms with E-state index in [4.69, 9.17) is 4.74 Å². The van der Waals surface area contributed by atoms with Crippen molar-refractivity contribution in [3.8, 4) is 0 Å². The topological polar surface area (TPSA) is 102 Å². The summed E-state index contributed by atoms with van der Waals surface area (Å²) in [5.74, 6) is -0.525. The summed E-state index contributed by atoms with van der Waals surface area (Å²) < 4.78 is 6.82. The standard InChI is InChI=1S/C16H17N5O3/c1-21-13(7-8-17-21)12(9-24-2)19-16(23)14-18-11-6-4-3-5-10(11)15(22)20-14/h3-8,12H,9H2,1-2H3,(H,19,23)(H,18,20,22). The molecule has 124 valence electrons. The summed E-state index contributed by atoms with van der Waals surface area (Å²) >= 11 is 0. The highest BCUT2D eigenvalue weighted by Crippen LogP contribution is 2.13. The second-order valence-electron chi connectivity index (χ2n) is 5.29. The Morgan fingerprint density at radius 3 is 2.88 bits per heavy atom. The van der Waals surface area contributed by atoms with Crippen LogP contribution < -0.4 is 10.9 Å². The summed E-state index contributed by atoms with van der Waals surface area (Å²) in [6, 6.07) is 8.24. The number of carbonyl (C=O) groups excluding carboxylic acids is 1. The van der Waals surface area contributed by atoms with Gasteiger partial charge in [-0.3, -0.25) is 14.3 Å².